The zero-order valence-corrected chi connectivity index (χ0v) is 23.7. The normalized spacial score (nSPS) is 19.7. The Bertz CT molecular complexity index is 1260. The molecule has 0 atom stereocenters. The van der Waals surface area contributed by atoms with Crippen LogP contribution in [0.25, 0.3) is 22.4 Å². The molecule has 0 saturated carbocycles. The molecule has 4 heterocycles. The van der Waals surface area contributed by atoms with Gasteiger partial charge in [-0.15, -0.1) is 10.2 Å². The van der Waals surface area contributed by atoms with Gasteiger partial charge in [-0.05, 0) is 102 Å². The fourth-order valence-corrected chi connectivity index (χ4v) is 6.78. The Morgan fingerprint density at radius 2 is 1.77 bits per heavy atom. The van der Waals surface area contributed by atoms with Crippen LogP contribution >= 0.6 is 0 Å². The fourth-order valence-electron chi connectivity index (χ4n) is 6.78. The van der Waals surface area contributed by atoms with Gasteiger partial charge in [0.05, 0.1) is 11.9 Å². The van der Waals surface area contributed by atoms with E-state index in [2.05, 4.69) is 70.3 Å². The molecule has 2 aliphatic heterocycles. The lowest BCUT2D eigenvalue weighted by atomic mass is 9.75. The van der Waals surface area contributed by atoms with Crippen molar-refractivity contribution in [3.8, 4) is 28.1 Å². The van der Waals surface area contributed by atoms with E-state index < -0.39 is 0 Å². The number of carbonyl (C=O) groups excluding carboxylic acids is 1. The molecular weight excluding hydrogens is 490 g/mol. The highest BCUT2D eigenvalue weighted by Crippen LogP contribution is 2.42. The van der Waals surface area contributed by atoms with Crippen molar-refractivity contribution in [3.05, 3.63) is 42.7 Å². The van der Waals surface area contributed by atoms with Gasteiger partial charge in [0, 0.05) is 47.9 Å². The molecule has 0 spiro atoms. The highest BCUT2D eigenvalue weighted by molar-refractivity contribution is 5.78. The smallest absolute Gasteiger partial charge is 0.223 e. The number of H-pyrrole nitrogens is 1. The van der Waals surface area contributed by atoms with Gasteiger partial charge in [0.15, 0.2) is 5.82 Å². The van der Waals surface area contributed by atoms with Gasteiger partial charge in [0.2, 0.25) is 5.91 Å². The number of aromatic amines is 1. The van der Waals surface area contributed by atoms with Gasteiger partial charge in [-0.1, -0.05) is 6.07 Å². The van der Waals surface area contributed by atoms with Crippen molar-refractivity contribution in [2.45, 2.75) is 76.9 Å². The van der Waals surface area contributed by atoms with Crippen molar-refractivity contribution >= 4 is 11.7 Å². The summed E-state index contributed by atoms with van der Waals surface area (Å²) in [7, 11) is 2.06. The topological polar surface area (TPSA) is 110 Å². The zero-order chi connectivity index (χ0) is 27.8. The van der Waals surface area contributed by atoms with E-state index in [9.17, 15) is 9.90 Å². The van der Waals surface area contributed by atoms with Gasteiger partial charge in [-0.25, -0.2) is 0 Å². The summed E-state index contributed by atoms with van der Waals surface area (Å²) in [6.45, 7) is 10.8. The number of rotatable bonds is 6. The summed E-state index contributed by atoms with van der Waals surface area (Å²) in [4.78, 5) is 17.9. The van der Waals surface area contributed by atoms with Crippen molar-refractivity contribution in [2.24, 2.45) is 5.92 Å². The maximum Gasteiger partial charge on any atom is 0.223 e. The second kappa shape index (κ2) is 10.6. The van der Waals surface area contributed by atoms with E-state index in [1.165, 1.54) is 0 Å². The predicted molar refractivity (Wildman–Crippen MR) is 153 cm³/mol. The first-order valence-electron chi connectivity index (χ1n) is 14.0. The number of anilines is 1. The van der Waals surface area contributed by atoms with Crippen LogP contribution in [0.1, 0.15) is 59.8 Å². The van der Waals surface area contributed by atoms with Gasteiger partial charge in [-0.2, -0.15) is 5.10 Å². The van der Waals surface area contributed by atoms with E-state index in [1.54, 1.807) is 18.5 Å². The van der Waals surface area contributed by atoms with E-state index in [-0.39, 0.29) is 28.8 Å². The maximum absolute atomic E-state index is 13.6. The molecule has 3 aromatic rings. The van der Waals surface area contributed by atoms with Gasteiger partial charge >= 0.3 is 0 Å². The Morgan fingerprint density at radius 3 is 2.36 bits per heavy atom. The molecule has 2 aliphatic rings. The third-order valence-corrected chi connectivity index (χ3v) is 8.52. The van der Waals surface area contributed by atoms with E-state index in [1.807, 2.05) is 24.3 Å². The van der Waals surface area contributed by atoms with Crippen LogP contribution in [0.2, 0.25) is 0 Å². The van der Waals surface area contributed by atoms with Gasteiger partial charge in [0.1, 0.15) is 5.75 Å². The van der Waals surface area contributed by atoms with Crippen molar-refractivity contribution < 1.29 is 9.90 Å². The highest BCUT2D eigenvalue weighted by Gasteiger charge is 2.49. The monoisotopic (exact) mass is 531 g/mol. The van der Waals surface area contributed by atoms with Crippen LogP contribution in [0.15, 0.2) is 42.7 Å². The molecule has 2 aromatic heterocycles. The summed E-state index contributed by atoms with van der Waals surface area (Å²) < 4.78 is 0. The second-order valence-electron chi connectivity index (χ2n) is 12.4. The van der Waals surface area contributed by atoms with Crippen LogP contribution in [0.4, 0.5) is 5.82 Å². The van der Waals surface area contributed by atoms with Crippen LogP contribution in [-0.2, 0) is 4.79 Å². The summed E-state index contributed by atoms with van der Waals surface area (Å²) in [6, 6.07) is 9.57. The number of piperidine rings is 2. The van der Waals surface area contributed by atoms with Crippen molar-refractivity contribution in [1.29, 1.82) is 0 Å². The van der Waals surface area contributed by atoms with Gasteiger partial charge < -0.3 is 20.2 Å². The average molecular weight is 532 g/mol. The van der Waals surface area contributed by atoms with Crippen LogP contribution < -0.4 is 10.2 Å². The number of phenols is 1. The summed E-state index contributed by atoms with van der Waals surface area (Å²) in [5, 5.41) is 29.8. The maximum atomic E-state index is 13.6. The number of phenolic OH excluding ortho intramolecular Hbond substituents is 1. The minimum Gasteiger partial charge on any atom is -0.507 e. The standard InChI is InChI=1S/C30H41N7O2/c1-29(2)16-23(17-30(3,4)37(29)28(39)14-20-10-12-31-13-11-20)36(5)27-9-8-25(34-35-27)24-7-6-21(15-26(24)38)22-18-32-33-19-22/h6-9,15,18-20,23,31,38H,10-14,16-17H2,1-5H3,(H,32,33). The molecule has 5 rings (SSSR count). The van der Waals surface area contributed by atoms with Gasteiger partial charge in [-0.3, -0.25) is 9.89 Å². The number of aromatic hydroxyl groups is 1. The minimum atomic E-state index is -0.277. The second-order valence-corrected chi connectivity index (χ2v) is 12.4. The molecule has 0 unspecified atom stereocenters. The molecule has 0 aliphatic carbocycles. The molecule has 208 valence electrons. The molecule has 1 aromatic carbocycles. The number of likely N-dealkylation sites (tertiary alicyclic amines) is 1. The fraction of sp³-hybridized carbons (Fsp3) is 0.533. The SMILES string of the molecule is CN(c1ccc(-c2ccc(-c3cn[nH]c3)cc2O)nn1)C1CC(C)(C)N(C(=O)CC2CCNCC2)C(C)(C)C1. The predicted octanol–water partition coefficient (Wildman–Crippen LogP) is 4.61. The van der Waals surface area contributed by atoms with Crippen LogP contribution in [0.5, 0.6) is 5.75 Å². The molecule has 9 heteroatoms. The lowest BCUT2D eigenvalue weighted by Gasteiger charge is -2.57. The quantitative estimate of drug-likeness (QED) is 0.426. The molecule has 2 fully saturated rings. The molecule has 3 N–H and O–H groups in total. The number of carbonyl (C=O) groups is 1. The molecule has 39 heavy (non-hydrogen) atoms. The largest absolute Gasteiger partial charge is 0.507 e. The number of benzene rings is 1. The number of nitrogens with one attached hydrogen (secondary N) is 2. The first kappa shape index (κ1) is 27.1. The molecule has 0 radical (unpaired) electrons. The summed E-state index contributed by atoms with van der Waals surface area (Å²) >= 11 is 0. The number of amides is 1. The molecule has 2 saturated heterocycles. The third kappa shape index (κ3) is 5.64. The number of hydrogen-bond acceptors (Lipinski definition) is 7. The third-order valence-electron chi connectivity index (χ3n) is 8.52. The zero-order valence-electron chi connectivity index (χ0n) is 23.7. The van der Waals surface area contributed by atoms with Crippen LogP contribution in [0, 0.1) is 5.92 Å². The first-order valence-corrected chi connectivity index (χ1v) is 14.0. The van der Waals surface area contributed by atoms with Crippen LogP contribution in [-0.4, -0.2) is 73.6 Å². The van der Waals surface area contributed by atoms with Crippen molar-refractivity contribution in [3.63, 3.8) is 0 Å². The average Bonchev–Trinajstić information content (AvgIpc) is 3.43. The molecule has 1 amide bonds. The van der Waals surface area contributed by atoms with Gasteiger partial charge in [0.25, 0.3) is 0 Å². The van der Waals surface area contributed by atoms with E-state index >= 15 is 0 Å². The number of hydrogen-bond donors (Lipinski definition) is 3. The Hall–Kier alpha value is -3.46. The Kier molecular flexibility index (Phi) is 7.37. The first-order chi connectivity index (χ1) is 18.5. The van der Waals surface area contributed by atoms with E-state index in [0.29, 0.717) is 23.6 Å². The Morgan fingerprint density at radius 1 is 1.05 bits per heavy atom. The summed E-state index contributed by atoms with van der Waals surface area (Å²) in [5.41, 5.74) is 2.47. The van der Waals surface area contributed by atoms with Crippen LogP contribution in [0.3, 0.4) is 0 Å². The summed E-state index contributed by atoms with van der Waals surface area (Å²) in [6.07, 6.45) is 8.00. The highest BCUT2D eigenvalue weighted by atomic mass is 16.3. The van der Waals surface area contributed by atoms with E-state index in [0.717, 1.165) is 55.7 Å². The summed E-state index contributed by atoms with van der Waals surface area (Å²) in [5.74, 6) is 1.68. The Labute approximate surface area is 231 Å². The number of aromatic nitrogens is 4. The van der Waals surface area contributed by atoms with Crippen molar-refractivity contribution in [1.82, 2.24) is 30.6 Å². The molecular formula is C30H41N7O2. The Balaban J connectivity index is 1.29. The lowest BCUT2D eigenvalue weighted by Crippen LogP contribution is -2.66. The van der Waals surface area contributed by atoms with E-state index in [4.69, 9.17) is 0 Å². The minimum absolute atomic E-state index is 0.147. The molecule has 0 bridgehead atoms. The lowest BCUT2D eigenvalue weighted by molar-refractivity contribution is -0.151. The molecule has 9 nitrogen and oxygen atoms in total. The van der Waals surface area contributed by atoms with Crippen molar-refractivity contribution in [2.75, 3.05) is 25.0 Å². The number of nitrogens with zero attached hydrogens (tertiary/aromatic N) is 5.